The van der Waals surface area contributed by atoms with Crippen LogP contribution in [0, 0.1) is 11.6 Å². The fourth-order valence-corrected chi connectivity index (χ4v) is 2.31. The lowest BCUT2D eigenvalue weighted by atomic mass is 10.1. The van der Waals surface area contributed by atoms with Crippen LogP contribution in [0.1, 0.15) is 23.2 Å². The highest BCUT2D eigenvalue weighted by Crippen LogP contribution is 2.28. The molecule has 1 aliphatic heterocycles. The summed E-state index contributed by atoms with van der Waals surface area (Å²) in [5.74, 6) is -6.41. The molecular formula is C12H10BrF4NO. The second kappa shape index (κ2) is 5.11. The summed E-state index contributed by atoms with van der Waals surface area (Å²) in [5.41, 5.74) is -0.529. The topological polar surface area (TPSA) is 20.3 Å². The number of alkyl halides is 2. The Balaban J connectivity index is 2.27. The molecule has 0 bridgehead atoms. The molecule has 0 spiro atoms. The predicted octanol–water partition coefficient (Wildman–Crippen LogP) is 3.60. The molecule has 0 saturated carbocycles. The summed E-state index contributed by atoms with van der Waals surface area (Å²) in [6.45, 7) is -0.644. The number of halogens is 5. The molecule has 104 valence electrons. The monoisotopic (exact) mass is 339 g/mol. The summed E-state index contributed by atoms with van der Waals surface area (Å²) >= 11 is 2.78. The van der Waals surface area contributed by atoms with E-state index in [-0.39, 0.29) is 23.9 Å². The van der Waals surface area contributed by atoms with Gasteiger partial charge >= 0.3 is 0 Å². The Kier molecular flexibility index (Phi) is 3.85. The van der Waals surface area contributed by atoms with Crippen LogP contribution in [0.15, 0.2) is 16.6 Å². The lowest BCUT2D eigenvalue weighted by Crippen LogP contribution is -2.45. The first-order valence-corrected chi connectivity index (χ1v) is 6.42. The van der Waals surface area contributed by atoms with Crippen LogP contribution < -0.4 is 0 Å². The van der Waals surface area contributed by atoms with Gasteiger partial charge in [0, 0.05) is 13.0 Å². The maximum Gasteiger partial charge on any atom is 0.265 e. The average Bonchev–Trinajstić information content (AvgIpc) is 2.34. The van der Waals surface area contributed by atoms with Gasteiger partial charge in [0.2, 0.25) is 0 Å². The van der Waals surface area contributed by atoms with Gasteiger partial charge in [-0.25, -0.2) is 17.6 Å². The van der Waals surface area contributed by atoms with Gasteiger partial charge in [-0.05, 0) is 34.5 Å². The van der Waals surface area contributed by atoms with Crippen LogP contribution in [-0.2, 0) is 0 Å². The Hall–Kier alpha value is -1.11. The zero-order chi connectivity index (χ0) is 14.2. The molecule has 1 saturated heterocycles. The summed E-state index contributed by atoms with van der Waals surface area (Å²) in [6, 6.07) is 2.26. The molecular weight excluding hydrogens is 330 g/mol. The molecule has 0 aromatic heterocycles. The van der Waals surface area contributed by atoms with Gasteiger partial charge in [0.1, 0.15) is 0 Å². The van der Waals surface area contributed by atoms with Crippen molar-refractivity contribution in [1.29, 1.82) is 0 Å². The number of nitrogens with zero attached hydrogens (tertiary/aromatic N) is 1. The van der Waals surface area contributed by atoms with Gasteiger partial charge in [-0.3, -0.25) is 4.79 Å². The molecule has 1 aliphatic rings. The highest BCUT2D eigenvalue weighted by atomic mass is 79.9. The first-order chi connectivity index (χ1) is 8.82. The van der Waals surface area contributed by atoms with Crippen molar-refractivity contribution in [1.82, 2.24) is 4.90 Å². The molecule has 19 heavy (non-hydrogen) atoms. The van der Waals surface area contributed by atoms with Gasteiger partial charge in [0.05, 0.1) is 16.6 Å². The molecule has 7 heteroatoms. The lowest BCUT2D eigenvalue weighted by molar-refractivity contribution is -0.0561. The SMILES string of the molecule is O=C(c1ccc(Br)c(F)c1F)N1CCCC(F)(F)C1. The van der Waals surface area contributed by atoms with Gasteiger partial charge in [0.25, 0.3) is 11.8 Å². The van der Waals surface area contributed by atoms with Gasteiger partial charge in [-0.15, -0.1) is 0 Å². The molecule has 0 atom stereocenters. The third-order valence-corrected chi connectivity index (χ3v) is 3.56. The first-order valence-electron chi connectivity index (χ1n) is 5.62. The zero-order valence-corrected chi connectivity index (χ0v) is 11.3. The number of carbonyl (C=O) groups is 1. The zero-order valence-electron chi connectivity index (χ0n) is 9.73. The third kappa shape index (κ3) is 2.91. The number of piperidine rings is 1. The summed E-state index contributed by atoms with van der Waals surface area (Å²) in [5, 5.41) is 0. The van der Waals surface area contributed by atoms with E-state index in [9.17, 15) is 22.4 Å². The normalized spacial score (nSPS) is 18.5. The minimum atomic E-state index is -2.97. The van der Waals surface area contributed by atoms with Gasteiger partial charge in [-0.2, -0.15) is 0 Å². The van der Waals surface area contributed by atoms with Crippen LogP contribution >= 0.6 is 15.9 Å². The third-order valence-electron chi connectivity index (χ3n) is 2.95. The van der Waals surface area contributed by atoms with Crippen LogP contribution in [0.5, 0.6) is 0 Å². The van der Waals surface area contributed by atoms with E-state index in [2.05, 4.69) is 15.9 Å². The number of likely N-dealkylation sites (tertiary alicyclic amines) is 1. The fourth-order valence-electron chi connectivity index (χ4n) is 2.00. The van der Waals surface area contributed by atoms with Crippen molar-refractivity contribution in [3.8, 4) is 0 Å². The molecule has 1 aromatic rings. The van der Waals surface area contributed by atoms with Gasteiger partial charge < -0.3 is 4.90 Å². The highest BCUT2D eigenvalue weighted by Gasteiger charge is 2.38. The van der Waals surface area contributed by atoms with Crippen molar-refractivity contribution in [3.63, 3.8) is 0 Å². The fraction of sp³-hybridized carbons (Fsp3) is 0.417. The Morgan fingerprint density at radius 2 is 1.95 bits per heavy atom. The highest BCUT2D eigenvalue weighted by molar-refractivity contribution is 9.10. The molecule has 0 unspecified atom stereocenters. The number of rotatable bonds is 1. The molecule has 2 nitrogen and oxygen atoms in total. The minimum absolute atomic E-state index is 0.117. The Labute approximate surface area is 115 Å². The van der Waals surface area contributed by atoms with E-state index in [0.29, 0.717) is 0 Å². The predicted molar refractivity (Wildman–Crippen MR) is 64.1 cm³/mol. The number of hydrogen-bond acceptors (Lipinski definition) is 1. The molecule has 1 aromatic carbocycles. The number of benzene rings is 1. The Morgan fingerprint density at radius 3 is 2.58 bits per heavy atom. The van der Waals surface area contributed by atoms with E-state index < -0.39 is 35.6 Å². The quantitative estimate of drug-likeness (QED) is 0.565. The molecule has 0 aliphatic carbocycles. The van der Waals surface area contributed by atoms with Crippen molar-refractivity contribution in [3.05, 3.63) is 33.8 Å². The lowest BCUT2D eigenvalue weighted by Gasteiger charge is -2.32. The van der Waals surface area contributed by atoms with E-state index >= 15 is 0 Å². The Bertz CT molecular complexity index is 521. The molecule has 1 amide bonds. The van der Waals surface area contributed by atoms with E-state index in [0.717, 1.165) is 11.0 Å². The smallest absolute Gasteiger partial charge is 0.265 e. The van der Waals surface area contributed by atoms with E-state index in [4.69, 9.17) is 0 Å². The molecule has 2 rings (SSSR count). The van der Waals surface area contributed by atoms with Gasteiger partial charge in [-0.1, -0.05) is 0 Å². The summed E-state index contributed by atoms with van der Waals surface area (Å²) in [6.07, 6.45) is -0.159. The van der Waals surface area contributed by atoms with Crippen molar-refractivity contribution in [2.45, 2.75) is 18.8 Å². The van der Waals surface area contributed by atoms with Crippen molar-refractivity contribution < 1.29 is 22.4 Å². The molecule has 1 heterocycles. The largest absolute Gasteiger partial charge is 0.333 e. The average molecular weight is 340 g/mol. The number of carbonyl (C=O) groups excluding carboxylic acids is 1. The second-order valence-electron chi connectivity index (χ2n) is 4.41. The van der Waals surface area contributed by atoms with Crippen LogP contribution in [0.3, 0.4) is 0 Å². The van der Waals surface area contributed by atoms with Crippen molar-refractivity contribution in [2.75, 3.05) is 13.1 Å². The molecule has 0 N–H and O–H groups in total. The van der Waals surface area contributed by atoms with E-state index in [1.807, 2.05) is 0 Å². The standard InChI is InChI=1S/C12H10BrF4NO/c13-8-3-2-7(9(14)10(8)15)11(19)18-5-1-4-12(16,17)6-18/h2-3H,1,4-6H2. The first kappa shape index (κ1) is 14.3. The van der Waals surface area contributed by atoms with Crippen molar-refractivity contribution >= 4 is 21.8 Å². The van der Waals surface area contributed by atoms with E-state index in [1.54, 1.807) is 0 Å². The molecule has 0 radical (unpaired) electrons. The summed E-state index contributed by atoms with van der Waals surface area (Å²) in [4.78, 5) is 12.8. The Morgan fingerprint density at radius 1 is 1.26 bits per heavy atom. The maximum atomic E-state index is 13.6. The molecule has 1 fully saturated rings. The second-order valence-corrected chi connectivity index (χ2v) is 5.26. The van der Waals surface area contributed by atoms with Crippen molar-refractivity contribution in [2.24, 2.45) is 0 Å². The van der Waals surface area contributed by atoms with Crippen LogP contribution in [0.4, 0.5) is 17.6 Å². The minimum Gasteiger partial charge on any atom is -0.333 e. The summed E-state index contributed by atoms with van der Waals surface area (Å²) in [7, 11) is 0. The summed E-state index contributed by atoms with van der Waals surface area (Å²) < 4.78 is 53.2. The maximum absolute atomic E-state index is 13.6. The van der Waals surface area contributed by atoms with Gasteiger partial charge in [0.15, 0.2) is 11.6 Å². The number of amides is 1. The van der Waals surface area contributed by atoms with E-state index in [1.165, 1.54) is 6.07 Å². The van der Waals surface area contributed by atoms with Crippen LogP contribution in [-0.4, -0.2) is 29.8 Å². The van der Waals surface area contributed by atoms with Crippen LogP contribution in [0.2, 0.25) is 0 Å². The number of hydrogen-bond donors (Lipinski definition) is 0. The van der Waals surface area contributed by atoms with Crippen LogP contribution in [0.25, 0.3) is 0 Å².